The minimum absolute atomic E-state index is 0.0274. The van der Waals surface area contributed by atoms with Crippen LogP contribution < -0.4 is 5.73 Å². The molecule has 1 saturated carbocycles. The highest BCUT2D eigenvalue weighted by Gasteiger charge is 2.47. The second-order valence-corrected chi connectivity index (χ2v) is 7.80. The summed E-state index contributed by atoms with van der Waals surface area (Å²) in [6.07, 6.45) is 3.51. The fourth-order valence-corrected chi connectivity index (χ4v) is 4.71. The van der Waals surface area contributed by atoms with E-state index in [4.69, 9.17) is 5.73 Å². The summed E-state index contributed by atoms with van der Waals surface area (Å²) in [5.74, 6) is 0.739. The number of thioether (sulfide) groups is 1. The third kappa shape index (κ3) is 4.13. The fraction of sp³-hybridized carbons (Fsp3) is 0.867. The van der Waals surface area contributed by atoms with Crippen molar-refractivity contribution in [3.05, 3.63) is 0 Å². The molecule has 3 atom stereocenters. The molecule has 0 aromatic heterocycles. The van der Waals surface area contributed by atoms with E-state index in [1.807, 2.05) is 0 Å². The van der Waals surface area contributed by atoms with Gasteiger partial charge in [-0.2, -0.15) is 0 Å². The minimum Gasteiger partial charge on any atom is -0.480 e. The molecule has 6 heteroatoms. The number of nitrogens with two attached hydrogens (primary N) is 1. The van der Waals surface area contributed by atoms with Gasteiger partial charge in [0.2, 0.25) is 5.91 Å². The molecule has 120 valence electrons. The Morgan fingerprint density at radius 2 is 2.05 bits per heavy atom. The molecular weight excluding hydrogens is 288 g/mol. The number of carbonyl (C=O) groups is 2. The number of hydrogen-bond acceptors (Lipinski definition) is 4. The van der Waals surface area contributed by atoms with Crippen molar-refractivity contribution in [2.75, 3.05) is 12.3 Å². The Morgan fingerprint density at radius 1 is 1.38 bits per heavy atom. The maximum atomic E-state index is 12.6. The Hall–Kier alpha value is -0.750. The fourth-order valence-electron chi connectivity index (χ4n) is 3.06. The third-order valence-electron chi connectivity index (χ3n) is 4.23. The van der Waals surface area contributed by atoms with E-state index in [1.54, 1.807) is 16.7 Å². The van der Waals surface area contributed by atoms with Crippen LogP contribution in [0.25, 0.3) is 0 Å². The average molecular weight is 314 g/mol. The van der Waals surface area contributed by atoms with Gasteiger partial charge in [-0.05, 0) is 43.6 Å². The van der Waals surface area contributed by atoms with Crippen molar-refractivity contribution < 1.29 is 14.7 Å². The van der Waals surface area contributed by atoms with Crippen LogP contribution in [-0.2, 0) is 9.59 Å². The van der Waals surface area contributed by atoms with Crippen molar-refractivity contribution in [1.29, 1.82) is 0 Å². The first-order chi connectivity index (χ1) is 9.93. The van der Waals surface area contributed by atoms with Crippen molar-refractivity contribution >= 4 is 23.6 Å². The Balaban J connectivity index is 2.03. The summed E-state index contributed by atoms with van der Waals surface area (Å²) >= 11 is 1.63. The van der Waals surface area contributed by atoms with Crippen LogP contribution in [0.15, 0.2) is 0 Å². The first-order valence-electron chi connectivity index (χ1n) is 7.79. The number of carbonyl (C=O) groups excluding carboxylic acids is 1. The maximum absolute atomic E-state index is 12.6. The highest BCUT2D eigenvalue weighted by molar-refractivity contribution is 8.00. The second-order valence-electron chi connectivity index (χ2n) is 6.65. The van der Waals surface area contributed by atoms with E-state index in [0.29, 0.717) is 30.6 Å². The lowest BCUT2D eigenvalue weighted by atomic mass is 9.93. The lowest BCUT2D eigenvalue weighted by Gasteiger charge is -2.29. The number of hydrogen-bond donors (Lipinski definition) is 2. The first-order valence-corrected chi connectivity index (χ1v) is 8.84. The molecule has 1 saturated heterocycles. The molecule has 1 amide bonds. The SMILES string of the molecule is CC(C)CC(CN)CC(=O)N1C(C(=O)O)CSC1C1CC1. The molecule has 0 radical (unpaired) electrons. The molecule has 0 aromatic rings. The molecule has 1 heterocycles. The number of carboxylic acid groups (broad SMARTS) is 1. The van der Waals surface area contributed by atoms with Crippen LogP contribution in [0.3, 0.4) is 0 Å². The van der Waals surface area contributed by atoms with Crippen molar-refractivity contribution in [3.63, 3.8) is 0 Å². The molecular formula is C15H26N2O3S. The van der Waals surface area contributed by atoms with Crippen LogP contribution in [0, 0.1) is 17.8 Å². The number of rotatable bonds is 7. The smallest absolute Gasteiger partial charge is 0.327 e. The average Bonchev–Trinajstić information content (AvgIpc) is 3.15. The zero-order chi connectivity index (χ0) is 15.6. The van der Waals surface area contributed by atoms with Crippen molar-refractivity contribution in [2.24, 2.45) is 23.5 Å². The van der Waals surface area contributed by atoms with Gasteiger partial charge in [0.15, 0.2) is 0 Å². The van der Waals surface area contributed by atoms with E-state index < -0.39 is 12.0 Å². The number of carboxylic acids is 1. The Morgan fingerprint density at radius 3 is 2.52 bits per heavy atom. The van der Waals surface area contributed by atoms with E-state index >= 15 is 0 Å². The minimum atomic E-state index is -0.882. The molecule has 2 rings (SSSR count). The summed E-state index contributed by atoms with van der Waals surface area (Å²) in [7, 11) is 0. The van der Waals surface area contributed by atoms with Gasteiger partial charge < -0.3 is 15.7 Å². The molecule has 3 N–H and O–H groups in total. The summed E-state index contributed by atoms with van der Waals surface area (Å²) in [4.78, 5) is 25.7. The van der Waals surface area contributed by atoms with Crippen LogP contribution in [0.5, 0.6) is 0 Å². The standard InChI is InChI=1S/C15H26N2O3S/c1-9(2)5-10(7-16)6-13(18)17-12(15(19)20)8-21-14(17)11-3-4-11/h9-12,14H,3-8,16H2,1-2H3,(H,19,20). The molecule has 0 aromatic carbocycles. The second kappa shape index (κ2) is 7.01. The summed E-state index contributed by atoms with van der Waals surface area (Å²) in [5, 5.41) is 9.42. The summed E-state index contributed by atoms with van der Waals surface area (Å²) < 4.78 is 0. The largest absolute Gasteiger partial charge is 0.480 e. The molecule has 21 heavy (non-hydrogen) atoms. The van der Waals surface area contributed by atoms with Crippen molar-refractivity contribution in [3.8, 4) is 0 Å². The zero-order valence-corrected chi connectivity index (χ0v) is 13.6. The molecule has 2 aliphatic rings. The van der Waals surface area contributed by atoms with E-state index in [9.17, 15) is 14.7 Å². The molecule has 0 bridgehead atoms. The van der Waals surface area contributed by atoms with Gasteiger partial charge in [0, 0.05) is 12.2 Å². The van der Waals surface area contributed by atoms with Crippen LogP contribution in [-0.4, -0.2) is 45.6 Å². The quantitative estimate of drug-likeness (QED) is 0.748. The van der Waals surface area contributed by atoms with Crippen molar-refractivity contribution in [1.82, 2.24) is 4.90 Å². The van der Waals surface area contributed by atoms with Gasteiger partial charge in [-0.1, -0.05) is 13.8 Å². The monoisotopic (exact) mass is 314 g/mol. The van der Waals surface area contributed by atoms with Crippen LogP contribution in [0.2, 0.25) is 0 Å². The highest BCUT2D eigenvalue weighted by atomic mass is 32.2. The predicted octanol–water partition coefficient (Wildman–Crippen LogP) is 1.76. The van der Waals surface area contributed by atoms with Gasteiger partial charge in [0.25, 0.3) is 0 Å². The maximum Gasteiger partial charge on any atom is 0.327 e. The Bertz CT molecular complexity index is 398. The van der Waals surface area contributed by atoms with Gasteiger partial charge >= 0.3 is 5.97 Å². The van der Waals surface area contributed by atoms with Gasteiger partial charge in [-0.25, -0.2) is 4.79 Å². The van der Waals surface area contributed by atoms with Crippen LogP contribution >= 0.6 is 11.8 Å². The lowest BCUT2D eigenvalue weighted by Crippen LogP contribution is -2.47. The summed E-state index contributed by atoms with van der Waals surface area (Å²) in [6, 6.07) is -0.662. The first kappa shape index (κ1) is 16.6. The molecule has 5 nitrogen and oxygen atoms in total. The summed E-state index contributed by atoms with van der Waals surface area (Å²) in [6.45, 7) is 4.72. The van der Waals surface area contributed by atoms with E-state index in [-0.39, 0.29) is 17.2 Å². The normalized spacial score (nSPS) is 27.1. The number of amides is 1. The Labute approximate surface area is 130 Å². The van der Waals surface area contributed by atoms with E-state index in [0.717, 1.165) is 19.3 Å². The summed E-state index contributed by atoms with van der Waals surface area (Å²) in [5.41, 5.74) is 5.78. The molecule has 0 spiro atoms. The van der Waals surface area contributed by atoms with Crippen LogP contribution in [0.1, 0.15) is 39.5 Å². The topological polar surface area (TPSA) is 83.6 Å². The van der Waals surface area contributed by atoms with E-state index in [2.05, 4.69) is 13.8 Å². The Kier molecular flexibility index (Phi) is 5.54. The van der Waals surface area contributed by atoms with Gasteiger partial charge in [0.1, 0.15) is 6.04 Å². The van der Waals surface area contributed by atoms with Crippen molar-refractivity contribution in [2.45, 2.75) is 50.9 Å². The third-order valence-corrected chi connectivity index (χ3v) is 5.70. The molecule has 1 aliphatic heterocycles. The highest BCUT2D eigenvalue weighted by Crippen LogP contribution is 2.45. The number of aliphatic carboxylic acids is 1. The predicted molar refractivity (Wildman–Crippen MR) is 83.9 cm³/mol. The lowest BCUT2D eigenvalue weighted by molar-refractivity contribution is -0.149. The molecule has 2 fully saturated rings. The zero-order valence-electron chi connectivity index (χ0n) is 12.8. The molecule has 1 aliphatic carbocycles. The van der Waals surface area contributed by atoms with Gasteiger partial charge in [-0.15, -0.1) is 11.8 Å². The molecule has 3 unspecified atom stereocenters. The number of nitrogens with zero attached hydrogens (tertiary/aromatic N) is 1. The van der Waals surface area contributed by atoms with E-state index in [1.165, 1.54) is 0 Å². The van der Waals surface area contributed by atoms with Gasteiger partial charge in [-0.3, -0.25) is 4.79 Å². The van der Waals surface area contributed by atoms with Gasteiger partial charge in [0.05, 0.1) is 5.37 Å². The van der Waals surface area contributed by atoms with Crippen LogP contribution in [0.4, 0.5) is 0 Å².